The van der Waals surface area contributed by atoms with Gasteiger partial charge >= 0.3 is 0 Å². The van der Waals surface area contributed by atoms with E-state index in [9.17, 15) is 9.18 Å². The number of ether oxygens (including phenoxy) is 1. The highest BCUT2D eigenvalue weighted by atomic mass is 35.5. The van der Waals surface area contributed by atoms with Gasteiger partial charge in [-0.1, -0.05) is 23.7 Å². The first-order chi connectivity index (χ1) is 9.63. The second kappa shape index (κ2) is 6.34. The van der Waals surface area contributed by atoms with Crippen molar-refractivity contribution in [1.29, 1.82) is 0 Å². The van der Waals surface area contributed by atoms with Crippen LogP contribution in [0.2, 0.25) is 5.02 Å². The molecule has 0 saturated carbocycles. The summed E-state index contributed by atoms with van der Waals surface area (Å²) in [4.78, 5) is 16.0. The Hall–Kier alpha value is -2.14. The van der Waals surface area contributed by atoms with Crippen molar-refractivity contribution in [3.05, 3.63) is 58.5 Å². The number of pyridine rings is 1. The largest absolute Gasteiger partial charge is 0.481 e. The molecular weight excluding hydrogens is 283 g/mol. The number of carbonyl (C=O) groups is 1. The minimum absolute atomic E-state index is 0.0700. The van der Waals surface area contributed by atoms with Crippen molar-refractivity contribution in [2.75, 3.05) is 7.11 Å². The van der Waals surface area contributed by atoms with E-state index in [2.05, 4.69) is 10.3 Å². The molecule has 0 unspecified atom stereocenters. The minimum Gasteiger partial charge on any atom is -0.481 e. The number of carbonyl (C=O) groups excluding carboxylic acids is 1. The van der Waals surface area contributed by atoms with Crippen LogP contribution < -0.4 is 10.1 Å². The molecule has 0 atom stereocenters. The van der Waals surface area contributed by atoms with Crippen molar-refractivity contribution < 1.29 is 13.9 Å². The summed E-state index contributed by atoms with van der Waals surface area (Å²) in [5.41, 5.74) is 0.521. The molecule has 1 N–H and O–H groups in total. The Labute approximate surface area is 120 Å². The molecule has 1 heterocycles. The second-order valence-corrected chi connectivity index (χ2v) is 4.36. The third-order valence-electron chi connectivity index (χ3n) is 2.67. The predicted octanol–water partition coefficient (Wildman–Crippen LogP) is 2.81. The summed E-state index contributed by atoms with van der Waals surface area (Å²) < 4.78 is 18.7. The number of halogens is 2. The van der Waals surface area contributed by atoms with E-state index in [1.54, 1.807) is 18.3 Å². The van der Waals surface area contributed by atoms with Gasteiger partial charge in [0.15, 0.2) is 0 Å². The summed E-state index contributed by atoms with van der Waals surface area (Å²) >= 11 is 5.83. The zero-order chi connectivity index (χ0) is 14.5. The van der Waals surface area contributed by atoms with E-state index in [1.807, 2.05) is 0 Å². The number of hydrogen-bond acceptors (Lipinski definition) is 3. The molecule has 2 rings (SSSR count). The van der Waals surface area contributed by atoms with Crippen LogP contribution in [0.15, 0.2) is 36.5 Å². The SMILES string of the molecule is COc1ncccc1CNC(=O)c1c(F)cccc1Cl. The summed E-state index contributed by atoms with van der Waals surface area (Å²) in [6.07, 6.45) is 1.58. The third kappa shape index (κ3) is 3.05. The topological polar surface area (TPSA) is 51.2 Å². The van der Waals surface area contributed by atoms with Crippen LogP contribution in [0, 0.1) is 5.82 Å². The van der Waals surface area contributed by atoms with Crippen LogP contribution in [-0.2, 0) is 6.54 Å². The normalized spacial score (nSPS) is 10.2. The van der Waals surface area contributed by atoms with Gasteiger partial charge in [-0.15, -0.1) is 0 Å². The maximum Gasteiger partial charge on any atom is 0.256 e. The molecule has 1 aromatic heterocycles. The lowest BCUT2D eigenvalue weighted by molar-refractivity contribution is 0.0947. The fourth-order valence-corrected chi connectivity index (χ4v) is 1.97. The molecule has 0 bridgehead atoms. The summed E-state index contributed by atoms with van der Waals surface area (Å²) in [5.74, 6) is -0.834. The predicted molar refractivity (Wildman–Crippen MR) is 73.4 cm³/mol. The van der Waals surface area contributed by atoms with E-state index in [0.29, 0.717) is 11.4 Å². The maximum absolute atomic E-state index is 13.6. The smallest absolute Gasteiger partial charge is 0.256 e. The van der Waals surface area contributed by atoms with Crippen LogP contribution in [0.1, 0.15) is 15.9 Å². The quantitative estimate of drug-likeness (QED) is 0.943. The molecule has 4 nitrogen and oxygen atoms in total. The van der Waals surface area contributed by atoms with E-state index >= 15 is 0 Å². The zero-order valence-corrected chi connectivity index (χ0v) is 11.4. The first-order valence-electron chi connectivity index (χ1n) is 5.83. The van der Waals surface area contributed by atoms with Gasteiger partial charge < -0.3 is 10.1 Å². The first kappa shape index (κ1) is 14.3. The van der Waals surface area contributed by atoms with Crippen LogP contribution in [0.5, 0.6) is 5.88 Å². The third-order valence-corrected chi connectivity index (χ3v) is 2.99. The monoisotopic (exact) mass is 294 g/mol. The first-order valence-corrected chi connectivity index (χ1v) is 6.21. The van der Waals surface area contributed by atoms with Gasteiger partial charge in [-0.25, -0.2) is 9.37 Å². The number of nitrogens with one attached hydrogen (secondary N) is 1. The molecule has 20 heavy (non-hydrogen) atoms. The van der Waals surface area contributed by atoms with Crippen molar-refractivity contribution in [2.24, 2.45) is 0 Å². The molecule has 0 saturated heterocycles. The van der Waals surface area contributed by atoms with Crippen molar-refractivity contribution in [3.63, 3.8) is 0 Å². The number of rotatable bonds is 4. The molecule has 0 aliphatic carbocycles. The fraction of sp³-hybridized carbons (Fsp3) is 0.143. The Balaban J connectivity index is 2.13. The van der Waals surface area contributed by atoms with E-state index in [4.69, 9.17) is 16.3 Å². The lowest BCUT2D eigenvalue weighted by Gasteiger charge is -2.09. The molecule has 104 valence electrons. The van der Waals surface area contributed by atoms with Gasteiger partial charge in [0.2, 0.25) is 5.88 Å². The van der Waals surface area contributed by atoms with Crippen LogP contribution in [0.4, 0.5) is 4.39 Å². The van der Waals surface area contributed by atoms with Crippen molar-refractivity contribution in [3.8, 4) is 5.88 Å². The van der Waals surface area contributed by atoms with Gasteiger partial charge in [-0.3, -0.25) is 4.79 Å². The molecule has 0 radical (unpaired) electrons. The van der Waals surface area contributed by atoms with E-state index in [0.717, 1.165) is 0 Å². The lowest BCUT2D eigenvalue weighted by Crippen LogP contribution is -2.24. The highest BCUT2D eigenvalue weighted by Crippen LogP contribution is 2.19. The lowest BCUT2D eigenvalue weighted by atomic mass is 10.2. The van der Waals surface area contributed by atoms with Gasteiger partial charge in [0.1, 0.15) is 5.82 Å². The highest BCUT2D eigenvalue weighted by molar-refractivity contribution is 6.33. The van der Waals surface area contributed by atoms with Gasteiger partial charge in [-0.05, 0) is 18.2 Å². The van der Waals surface area contributed by atoms with Crippen LogP contribution >= 0.6 is 11.6 Å². The van der Waals surface area contributed by atoms with Gasteiger partial charge in [0.25, 0.3) is 5.91 Å². The zero-order valence-electron chi connectivity index (χ0n) is 10.7. The highest BCUT2D eigenvalue weighted by Gasteiger charge is 2.16. The fourth-order valence-electron chi connectivity index (χ4n) is 1.72. The molecule has 0 aliphatic heterocycles. The maximum atomic E-state index is 13.6. The van der Waals surface area contributed by atoms with Gasteiger partial charge in [-0.2, -0.15) is 0 Å². The Bertz CT molecular complexity index is 614. The summed E-state index contributed by atoms with van der Waals surface area (Å²) in [7, 11) is 1.49. The molecule has 6 heteroatoms. The van der Waals surface area contributed by atoms with Crippen LogP contribution in [0.25, 0.3) is 0 Å². The van der Waals surface area contributed by atoms with E-state index < -0.39 is 11.7 Å². The number of methoxy groups -OCH3 is 1. The minimum atomic E-state index is -0.659. The van der Waals surface area contributed by atoms with Gasteiger partial charge in [0, 0.05) is 18.3 Å². The molecule has 0 aliphatic rings. The van der Waals surface area contributed by atoms with E-state index in [-0.39, 0.29) is 17.1 Å². The molecule has 0 fully saturated rings. The van der Waals surface area contributed by atoms with Crippen LogP contribution in [0.3, 0.4) is 0 Å². The number of nitrogens with zero attached hydrogens (tertiary/aromatic N) is 1. The van der Waals surface area contributed by atoms with E-state index in [1.165, 1.54) is 25.3 Å². The summed E-state index contributed by atoms with van der Waals surface area (Å²) in [6, 6.07) is 7.57. The summed E-state index contributed by atoms with van der Waals surface area (Å²) in [6.45, 7) is 0.167. The second-order valence-electron chi connectivity index (χ2n) is 3.95. The Morgan fingerprint density at radius 1 is 1.40 bits per heavy atom. The van der Waals surface area contributed by atoms with Gasteiger partial charge in [0.05, 0.1) is 17.7 Å². The molecule has 2 aromatic rings. The Morgan fingerprint density at radius 2 is 2.20 bits per heavy atom. The van der Waals surface area contributed by atoms with Crippen molar-refractivity contribution in [1.82, 2.24) is 10.3 Å². The molecule has 1 aromatic carbocycles. The average molecular weight is 295 g/mol. The number of benzene rings is 1. The molecule has 1 amide bonds. The Morgan fingerprint density at radius 3 is 2.90 bits per heavy atom. The standard InChI is InChI=1S/C14H12ClFN2O2/c1-20-14-9(4-3-7-17-14)8-18-13(19)12-10(15)5-2-6-11(12)16/h2-7H,8H2,1H3,(H,18,19). The average Bonchev–Trinajstić information content (AvgIpc) is 2.45. The van der Waals surface area contributed by atoms with Crippen molar-refractivity contribution in [2.45, 2.75) is 6.54 Å². The van der Waals surface area contributed by atoms with Crippen LogP contribution in [-0.4, -0.2) is 18.0 Å². The number of hydrogen-bond donors (Lipinski definition) is 1. The molecule has 0 spiro atoms. The number of amides is 1. The Kier molecular flexibility index (Phi) is 4.53. The molecular formula is C14H12ClFN2O2. The number of aromatic nitrogens is 1. The van der Waals surface area contributed by atoms with Crippen molar-refractivity contribution >= 4 is 17.5 Å². The summed E-state index contributed by atoms with van der Waals surface area (Å²) in [5, 5.41) is 2.66.